The highest BCUT2D eigenvalue weighted by Gasteiger charge is 2.08. The maximum Gasteiger partial charge on any atom is 0.328 e. The van der Waals surface area contributed by atoms with Gasteiger partial charge < -0.3 is 14.9 Å². The van der Waals surface area contributed by atoms with Crippen molar-refractivity contribution in [3.8, 4) is 11.5 Å². The predicted octanol–water partition coefficient (Wildman–Crippen LogP) is 2.23. The summed E-state index contributed by atoms with van der Waals surface area (Å²) in [6.45, 7) is 3.62. The van der Waals surface area contributed by atoms with Gasteiger partial charge in [-0.1, -0.05) is 6.08 Å². The molecule has 0 radical (unpaired) electrons. The van der Waals surface area contributed by atoms with Crippen LogP contribution in [-0.2, 0) is 11.2 Å². The molecule has 4 nitrogen and oxygen atoms in total. The number of phenolic OH excluding ortho intramolecular Hbond substituents is 1. The van der Waals surface area contributed by atoms with Gasteiger partial charge in [0.15, 0.2) is 11.5 Å². The lowest BCUT2D eigenvalue weighted by Gasteiger charge is -2.08. The Balaban J connectivity index is 3.21. The Kier molecular flexibility index (Phi) is 4.34. The zero-order valence-electron chi connectivity index (χ0n) is 9.51. The monoisotopic (exact) mass is 234 g/mol. The fourth-order valence-corrected chi connectivity index (χ4v) is 1.42. The number of methoxy groups -OCH3 is 1. The average Bonchev–Trinajstić information content (AvgIpc) is 2.29. The van der Waals surface area contributed by atoms with E-state index in [-0.39, 0.29) is 5.75 Å². The normalized spacial score (nSPS) is 10.4. The first-order chi connectivity index (χ1) is 8.08. The number of hydrogen-bond acceptors (Lipinski definition) is 3. The Morgan fingerprint density at radius 2 is 2.24 bits per heavy atom. The zero-order chi connectivity index (χ0) is 12.8. The van der Waals surface area contributed by atoms with E-state index in [1.54, 1.807) is 18.2 Å². The number of hydrogen-bond donors (Lipinski definition) is 2. The van der Waals surface area contributed by atoms with E-state index in [1.165, 1.54) is 13.2 Å². The van der Waals surface area contributed by atoms with E-state index >= 15 is 0 Å². The van der Waals surface area contributed by atoms with Crippen LogP contribution in [-0.4, -0.2) is 23.3 Å². The van der Waals surface area contributed by atoms with E-state index in [0.717, 1.165) is 11.6 Å². The molecule has 1 rings (SSSR count). The molecular formula is C13H14O4. The van der Waals surface area contributed by atoms with Gasteiger partial charge in [-0.3, -0.25) is 0 Å². The third kappa shape index (κ3) is 3.38. The van der Waals surface area contributed by atoms with Crippen LogP contribution in [0, 0.1) is 0 Å². The topological polar surface area (TPSA) is 66.8 Å². The number of aliphatic carboxylic acids is 1. The van der Waals surface area contributed by atoms with E-state index in [1.807, 2.05) is 0 Å². The summed E-state index contributed by atoms with van der Waals surface area (Å²) in [5.41, 5.74) is 1.29. The SMILES string of the molecule is C=CCc1cc(C=CC(=O)O)c(O)c(OC)c1. The molecule has 0 aliphatic heterocycles. The minimum Gasteiger partial charge on any atom is -0.504 e. The van der Waals surface area contributed by atoms with Crippen LogP contribution in [0.5, 0.6) is 11.5 Å². The fraction of sp³-hybridized carbons (Fsp3) is 0.154. The molecule has 90 valence electrons. The van der Waals surface area contributed by atoms with E-state index in [2.05, 4.69) is 6.58 Å². The molecule has 0 amide bonds. The molecule has 0 aliphatic rings. The lowest BCUT2D eigenvalue weighted by Crippen LogP contribution is -1.91. The molecule has 0 unspecified atom stereocenters. The highest BCUT2D eigenvalue weighted by atomic mass is 16.5. The van der Waals surface area contributed by atoms with Crippen LogP contribution in [0.1, 0.15) is 11.1 Å². The van der Waals surface area contributed by atoms with Crippen molar-refractivity contribution in [3.63, 3.8) is 0 Å². The minimum atomic E-state index is -1.07. The molecule has 17 heavy (non-hydrogen) atoms. The Morgan fingerprint density at radius 3 is 2.76 bits per heavy atom. The molecule has 2 N–H and O–H groups in total. The molecule has 0 atom stereocenters. The number of aromatic hydroxyl groups is 1. The van der Waals surface area contributed by atoms with Crippen molar-refractivity contribution in [2.24, 2.45) is 0 Å². The summed E-state index contributed by atoms with van der Waals surface area (Å²) in [5.74, 6) is -0.829. The molecule has 0 aliphatic carbocycles. The minimum absolute atomic E-state index is 0.0715. The summed E-state index contributed by atoms with van der Waals surface area (Å²) >= 11 is 0. The van der Waals surface area contributed by atoms with E-state index in [9.17, 15) is 9.90 Å². The Bertz CT molecular complexity index is 461. The molecule has 0 saturated heterocycles. The van der Waals surface area contributed by atoms with Crippen molar-refractivity contribution in [2.75, 3.05) is 7.11 Å². The van der Waals surface area contributed by atoms with Gasteiger partial charge in [0.1, 0.15) is 0 Å². The Morgan fingerprint density at radius 1 is 1.53 bits per heavy atom. The summed E-state index contributed by atoms with van der Waals surface area (Å²) < 4.78 is 5.01. The summed E-state index contributed by atoms with van der Waals surface area (Å²) in [6.07, 6.45) is 4.63. The first-order valence-electron chi connectivity index (χ1n) is 5.00. The number of benzene rings is 1. The van der Waals surface area contributed by atoms with Gasteiger partial charge in [-0.05, 0) is 30.2 Å². The summed E-state index contributed by atoms with van der Waals surface area (Å²) in [5, 5.41) is 18.3. The van der Waals surface area contributed by atoms with Crippen molar-refractivity contribution >= 4 is 12.0 Å². The quantitative estimate of drug-likeness (QED) is 0.605. The third-order valence-electron chi connectivity index (χ3n) is 2.17. The lowest BCUT2D eigenvalue weighted by atomic mass is 10.1. The van der Waals surface area contributed by atoms with Gasteiger partial charge in [0.2, 0.25) is 0 Å². The van der Waals surface area contributed by atoms with Gasteiger partial charge in [0.25, 0.3) is 0 Å². The Hall–Kier alpha value is -2.23. The van der Waals surface area contributed by atoms with Gasteiger partial charge in [-0.15, -0.1) is 6.58 Å². The molecule has 4 heteroatoms. The van der Waals surface area contributed by atoms with Crippen LogP contribution in [0.2, 0.25) is 0 Å². The second-order valence-corrected chi connectivity index (χ2v) is 3.40. The van der Waals surface area contributed by atoms with Gasteiger partial charge in [-0.2, -0.15) is 0 Å². The van der Waals surface area contributed by atoms with Gasteiger partial charge in [0.05, 0.1) is 7.11 Å². The zero-order valence-corrected chi connectivity index (χ0v) is 9.51. The van der Waals surface area contributed by atoms with Crippen LogP contribution < -0.4 is 4.74 Å². The predicted molar refractivity (Wildman–Crippen MR) is 65.2 cm³/mol. The van der Waals surface area contributed by atoms with Crippen molar-refractivity contribution in [1.82, 2.24) is 0 Å². The number of carboxylic acid groups (broad SMARTS) is 1. The molecule has 0 fully saturated rings. The molecule has 0 heterocycles. The number of allylic oxidation sites excluding steroid dienone is 1. The maximum atomic E-state index is 10.4. The number of carbonyl (C=O) groups is 1. The number of phenols is 1. The second-order valence-electron chi connectivity index (χ2n) is 3.40. The van der Waals surface area contributed by atoms with E-state index in [4.69, 9.17) is 9.84 Å². The van der Waals surface area contributed by atoms with Crippen LogP contribution in [0.25, 0.3) is 6.08 Å². The molecule has 0 spiro atoms. The van der Waals surface area contributed by atoms with Crippen molar-refractivity contribution in [1.29, 1.82) is 0 Å². The smallest absolute Gasteiger partial charge is 0.328 e. The fourth-order valence-electron chi connectivity index (χ4n) is 1.42. The summed E-state index contributed by atoms with van der Waals surface area (Å²) in [4.78, 5) is 10.4. The number of ether oxygens (including phenoxy) is 1. The van der Waals surface area contributed by atoms with Crippen LogP contribution >= 0.6 is 0 Å². The lowest BCUT2D eigenvalue weighted by molar-refractivity contribution is -0.131. The van der Waals surface area contributed by atoms with Gasteiger partial charge >= 0.3 is 5.97 Å². The van der Waals surface area contributed by atoms with Crippen LogP contribution in [0.4, 0.5) is 0 Å². The molecule has 0 aromatic heterocycles. The highest BCUT2D eigenvalue weighted by Crippen LogP contribution is 2.32. The van der Waals surface area contributed by atoms with Crippen LogP contribution in [0.3, 0.4) is 0 Å². The Labute approximate surface area is 99.5 Å². The van der Waals surface area contributed by atoms with Crippen molar-refractivity contribution < 1.29 is 19.7 Å². The average molecular weight is 234 g/mol. The van der Waals surface area contributed by atoms with E-state index in [0.29, 0.717) is 17.7 Å². The number of carboxylic acids is 1. The summed E-state index contributed by atoms with van der Waals surface area (Å²) in [7, 11) is 1.44. The highest BCUT2D eigenvalue weighted by molar-refractivity contribution is 5.86. The molecule has 1 aromatic carbocycles. The number of rotatable bonds is 5. The standard InChI is InChI=1S/C13H14O4/c1-3-4-9-7-10(5-6-12(14)15)13(16)11(8-9)17-2/h3,5-8,16H,1,4H2,2H3,(H,14,15). The summed E-state index contributed by atoms with van der Waals surface area (Å²) in [6, 6.07) is 3.38. The van der Waals surface area contributed by atoms with Gasteiger partial charge in [-0.25, -0.2) is 4.79 Å². The third-order valence-corrected chi connectivity index (χ3v) is 2.17. The van der Waals surface area contributed by atoms with Crippen molar-refractivity contribution in [3.05, 3.63) is 42.0 Å². The van der Waals surface area contributed by atoms with E-state index < -0.39 is 5.97 Å². The molecular weight excluding hydrogens is 220 g/mol. The van der Waals surface area contributed by atoms with Crippen molar-refractivity contribution in [2.45, 2.75) is 6.42 Å². The van der Waals surface area contributed by atoms with Gasteiger partial charge in [0, 0.05) is 11.6 Å². The molecule has 0 saturated carbocycles. The first kappa shape index (κ1) is 12.8. The second kappa shape index (κ2) is 5.75. The molecule has 1 aromatic rings. The van der Waals surface area contributed by atoms with Crippen LogP contribution in [0.15, 0.2) is 30.9 Å². The molecule has 0 bridgehead atoms. The largest absolute Gasteiger partial charge is 0.504 e. The first-order valence-corrected chi connectivity index (χ1v) is 5.00. The maximum absolute atomic E-state index is 10.4.